The SMILES string of the molecule is O=S(=O)(O)c1cc(N=Nc2ccc(N=Nc3ccc(Nc4ccccc4)c4c(S(=O)(=O)O)cccc34)c3ccccc23)ccc1Cl.[Na].[Na]. The molecule has 0 unspecified atom stereocenters. The van der Waals surface area contributed by atoms with Crippen LogP contribution in [0.4, 0.5) is 34.1 Å². The van der Waals surface area contributed by atoms with Crippen molar-refractivity contribution in [1.82, 2.24) is 0 Å². The van der Waals surface area contributed by atoms with E-state index in [1.165, 1.54) is 24.3 Å². The van der Waals surface area contributed by atoms with E-state index in [2.05, 4.69) is 25.8 Å². The third-order valence-corrected chi connectivity index (χ3v) is 9.15. The molecule has 2 radical (unpaired) electrons. The number of anilines is 2. The molecule has 0 amide bonds. The van der Waals surface area contributed by atoms with Gasteiger partial charge in [-0.1, -0.05) is 66.2 Å². The van der Waals surface area contributed by atoms with Crippen LogP contribution in [0.3, 0.4) is 0 Å². The first kappa shape index (κ1) is 37.8. The minimum Gasteiger partial charge on any atom is -0.355 e. The summed E-state index contributed by atoms with van der Waals surface area (Å²) in [6, 6.07) is 31.6. The molecular weight excluding hydrogens is 696 g/mol. The van der Waals surface area contributed by atoms with Gasteiger partial charge in [0.05, 0.1) is 27.8 Å². The third kappa shape index (κ3) is 8.38. The number of hydrogen-bond donors (Lipinski definition) is 3. The maximum Gasteiger partial charge on any atom is 0.296 e. The molecule has 3 N–H and O–H groups in total. The fourth-order valence-corrected chi connectivity index (χ4v) is 6.58. The van der Waals surface area contributed by atoms with Crippen LogP contribution < -0.4 is 5.32 Å². The minimum absolute atomic E-state index is 0. The summed E-state index contributed by atoms with van der Waals surface area (Å²) in [4.78, 5) is -0.753. The summed E-state index contributed by atoms with van der Waals surface area (Å²) in [7, 11) is -9.13. The second kappa shape index (κ2) is 15.7. The Morgan fingerprint density at radius 1 is 0.542 bits per heavy atom. The van der Waals surface area contributed by atoms with E-state index in [0.717, 1.165) is 11.8 Å². The molecule has 0 saturated carbocycles. The van der Waals surface area contributed by atoms with Gasteiger partial charge in [0.25, 0.3) is 20.2 Å². The number of para-hydroxylation sites is 1. The summed E-state index contributed by atoms with van der Waals surface area (Å²) in [5.41, 5.74) is 2.65. The number of hydrogen-bond acceptors (Lipinski definition) is 9. The van der Waals surface area contributed by atoms with E-state index in [1.54, 1.807) is 30.3 Å². The largest absolute Gasteiger partial charge is 0.355 e. The fraction of sp³-hybridized carbons (Fsp3) is 0. The van der Waals surface area contributed by atoms with Gasteiger partial charge in [0.2, 0.25) is 0 Å². The number of nitrogens with zero attached hydrogens (tertiary/aromatic N) is 4. The van der Waals surface area contributed by atoms with Gasteiger partial charge in [-0.2, -0.15) is 21.9 Å². The van der Waals surface area contributed by atoms with Gasteiger partial charge in [-0.25, -0.2) is 0 Å². The van der Waals surface area contributed by atoms with Crippen LogP contribution in [0.25, 0.3) is 21.5 Å². The average molecular weight is 718 g/mol. The zero-order valence-electron chi connectivity index (χ0n) is 25.5. The molecular formula is C32H22ClN5Na2O6S2. The van der Waals surface area contributed by atoms with E-state index in [-0.39, 0.29) is 80.1 Å². The summed E-state index contributed by atoms with van der Waals surface area (Å²) >= 11 is 5.90. The first-order valence-corrected chi connectivity index (χ1v) is 16.7. The summed E-state index contributed by atoms with van der Waals surface area (Å²) in [6.07, 6.45) is 0. The second-order valence-electron chi connectivity index (χ2n) is 9.92. The molecule has 0 aliphatic rings. The van der Waals surface area contributed by atoms with Crippen molar-refractivity contribution < 1.29 is 25.9 Å². The van der Waals surface area contributed by atoms with Crippen LogP contribution in [-0.4, -0.2) is 85.1 Å². The summed E-state index contributed by atoms with van der Waals surface area (Å²) in [5.74, 6) is 0. The first-order valence-electron chi connectivity index (χ1n) is 13.5. The number of azo groups is 2. The van der Waals surface area contributed by atoms with Gasteiger partial charge in [0, 0.05) is 92.0 Å². The Balaban J connectivity index is 0.00000260. The molecule has 6 rings (SSSR count). The molecule has 11 nitrogen and oxygen atoms in total. The quantitative estimate of drug-likeness (QED) is 0.0801. The molecule has 48 heavy (non-hydrogen) atoms. The molecule has 0 bridgehead atoms. The van der Waals surface area contributed by atoms with Crippen molar-refractivity contribution in [2.45, 2.75) is 9.79 Å². The van der Waals surface area contributed by atoms with Crippen LogP contribution in [0, 0.1) is 0 Å². The molecule has 0 saturated heterocycles. The third-order valence-electron chi connectivity index (χ3n) is 6.92. The Morgan fingerprint density at radius 2 is 1.06 bits per heavy atom. The van der Waals surface area contributed by atoms with Crippen molar-refractivity contribution in [2.75, 3.05) is 5.32 Å². The number of nitrogens with one attached hydrogen (secondary N) is 1. The van der Waals surface area contributed by atoms with Crippen LogP contribution in [0.15, 0.2) is 146 Å². The summed E-state index contributed by atoms with van der Waals surface area (Å²) < 4.78 is 67.4. The Hall–Kier alpha value is -3.05. The standard InChI is InChI=1S/C32H22ClN5O6S2.2Na/c33-25-14-13-21(19-31(25)46(42,43)44)35-36-26-15-16-27(23-10-5-4-9-22(23)26)37-38-28-17-18-29(34-20-7-2-1-3-8-20)32-24(28)11-6-12-30(32)45(39,40)41;;/h1-19,34H,(H,39,40,41)(H,42,43,44);;. The molecule has 0 aliphatic carbocycles. The normalized spacial score (nSPS) is 11.9. The number of halogens is 1. The molecule has 232 valence electrons. The van der Waals surface area contributed by atoms with Crippen LogP contribution in [0.1, 0.15) is 0 Å². The van der Waals surface area contributed by atoms with Crippen LogP contribution in [0.5, 0.6) is 0 Å². The van der Waals surface area contributed by atoms with Gasteiger partial charge >= 0.3 is 0 Å². The zero-order chi connectivity index (χ0) is 32.5. The van der Waals surface area contributed by atoms with Gasteiger partial charge < -0.3 is 5.32 Å². The maximum atomic E-state index is 12.4. The van der Waals surface area contributed by atoms with Crippen LogP contribution in [0.2, 0.25) is 5.02 Å². The zero-order valence-corrected chi connectivity index (χ0v) is 31.9. The molecule has 0 spiro atoms. The summed E-state index contributed by atoms with van der Waals surface area (Å²) in [5, 5.41) is 22.5. The van der Waals surface area contributed by atoms with Crippen molar-refractivity contribution >= 4 is 147 Å². The van der Waals surface area contributed by atoms with E-state index < -0.39 is 25.1 Å². The predicted molar refractivity (Wildman–Crippen MR) is 189 cm³/mol. The van der Waals surface area contributed by atoms with E-state index in [1.807, 2.05) is 54.6 Å². The molecule has 6 aromatic rings. The maximum absolute atomic E-state index is 12.4. The molecule has 16 heteroatoms. The molecule has 6 aromatic carbocycles. The Bertz CT molecular complexity index is 2430. The molecule has 0 fully saturated rings. The Kier molecular flexibility index (Phi) is 12.3. The van der Waals surface area contributed by atoms with E-state index in [9.17, 15) is 25.9 Å². The topological polar surface area (TPSA) is 170 Å². The van der Waals surface area contributed by atoms with Gasteiger partial charge in [-0.15, -0.1) is 15.3 Å². The van der Waals surface area contributed by atoms with E-state index >= 15 is 0 Å². The van der Waals surface area contributed by atoms with E-state index in [0.29, 0.717) is 38.9 Å². The van der Waals surface area contributed by atoms with Crippen molar-refractivity contribution in [1.29, 1.82) is 0 Å². The van der Waals surface area contributed by atoms with Crippen molar-refractivity contribution in [3.63, 3.8) is 0 Å². The number of fused-ring (bicyclic) bond motifs is 2. The molecule has 0 aromatic heterocycles. The number of rotatable bonds is 8. The van der Waals surface area contributed by atoms with Crippen LogP contribution in [-0.2, 0) is 20.2 Å². The minimum atomic E-state index is -4.58. The van der Waals surface area contributed by atoms with Crippen molar-refractivity contribution in [3.05, 3.63) is 120 Å². The fourth-order valence-electron chi connectivity index (χ4n) is 4.85. The summed E-state index contributed by atoms with van der Waals surface area (Å²) in [6.45, 7) is 0. The predicted octanol–water partition coefficient (Wildman–Crippen LogP) is 8.95. The van der Waals surface area contributed by atoms with Crippen LogP contribution >= 0.6 is 11.6 Å². The molecule has 0 aliphatic heterocycles. The monoisotopic (exact) mass is 717 g/mol. The van der Waals surface area contributed by atoms with Crippen molar-refractivity contribution in [3.8, 4) is 0 Å². The van der Waals surface area contributed by atoms with Gasteiger partial charge in [-0.3, -0.25) is 9.11 Å². The number of benzene rings is 6. The van der Waals surface area contributed by atoms with E-state index in [4.69, 9.17) is 11.6 Å². The van der Waals surface area contributed by atoms with Gasteiger partial charge in [0.15, 0.2) is 0 Å². The molecule has 0 atom stereocenters. The molecule has 0 heterocycles. The van der Waals surface area contributed by atoms with Gasteiger partial charge in [0.1, 0.15) is 9.79 Å². The first-order chi connectivity index (χ1) is 22.0. The van der Waals surface area contributed by atoms with Crippen molar-refractivity contribution in [2.24, 2.45) is 20.5 Å². The Morgan fingerprint density at radius 3 is 1.67 bits per heavy atom. The average Bonchev–Trinajstić information content (AvgIpc) is 3.03. The Labute approximate surface area is 325 Å². The smallest absolute Gasteiger partial charge is 0.296 e. The van der Waals surface area contributed by atoms with Gasteiger partial charge in [-0.05, 0) is 60.7 Å². The second-order valence-corrected chi connectivity index (χ2v) is 13.1.